The summed E-state index contributed by atoms with van der Waals surface area (Å²) in [5.74, 6) is -0.563. The van der Waals surface area contributed by atoms with Crippen LogP contribution in [0.15, 0.2) is 47.4 Å². The van der Waals surface area contributed by atoms with Gasteiger partial charge in [-0.15, -0.1) is 0 Å². The van der Waals surface area contributed by atoms with E-state index in [0.717, 1.165) is 10.6 Å². The SMILES string of the molecule is O=c1ccc(C(F)(F)F)cn1Cc1ccccc1F. The number of aromatic nitrogens is 1. The molecule has 0 fully saturated rings. The molecule has 0 bridgehead atoms. The van der Waals surface area contributed by atoms with Gasteiger partial charge in [0, 0.05) is 17.8 Å². The van der Waals surface area contributed by atoms with Gasteiger partial charge in [-0.2, -0.15) is 13.2 Å². The molecule has 0 unspecified atom stereocenters. The Balaban J connectivity index is 2.41. The molecule has 0 atom stereocenters. The molecule has 2 rings (SSSR count). The monoisotopic (exact) mass is 271 g/mol. The van der Waals surface area contributed by atoms with Crippen LogP contribution in [0.2, 0.25) is 0 Å². The van der Waals surface area contributed by atoms with Crippen LogP contribution in [0.4, 0.5) is 17.6 Å². The first-order valence-corrected chi connectivity index (χ1v) is 5.39. The Hall–Kier alpha value is -2.11. The summed E-state index contributed by atoms with van der Waals surface area (Å²) in [5, 5.41) is 0. The Bertz CT molecular complexity index is 646. The van der Waals surface area contributed by atoms with Gasteiger partial charge in [0.2, 0.25) is 0 Å². The molecule has 100 valence electrons. The molecular weight excluding hydrogens is 262 g/mol. The lowest BCUT2D eigenvalue weighted by atomic mass is 10.2. The van der Waals surface area contributed by atoms with Crippen LogP contribution < -0.4 is 5.56 Å². The van der Waals surface area contributed by atoms with E-state index in [-0.39, 0.29) is 12.1 Å². The van der Waals surface area contributed by atoms with Crippen molar-refractivity contribution in [2.75, 3.05) is 0 Å². The van der Waals surface area contributed by atoms with Crippen LogP contribution in [-0.4, -0.2) is 4.57 Å². The van der Waals surface area contributed by atoms with Gasteiger partial charge in [-0.1, -0.05) is 18.2 Å². The lowest BCUT2D eigenvalue weighted by Gasteiger charge is -2.11. The molecule has 1 aromatic heterocycles. The van der Waals surface area contributed by atoms with E-state index in [0.29, 0.717) is 12.3 Å². The van der Waals surface area contributed by atoms with Gasteiger partial charge in [-0.05, 0) is 12.1 Å². The fourth-order valence-corrected chi connectivity index (χ4v) is 1.63. The summed E-state index contributed by atoms with van der Waals surface area (Å²) in [4.78, 5) is 11.5. The topological polar surface area (TPSA) is 22.0 Å². The molecule has 0 aliphatic heterocycles. The molecule has 0 spiro atoms. The van der Waals surface area contributed by atoms with E-state index in [1.54, 1.807) is 6.07 Å². The van der Waals surface area contributed by atoms with E-state index in [1.165, 1.54) is 18.2 Å². The van der Waals surface area contributed by atoms with Gasteiger partial charge in [-0.25, -0.2) is 4.39 Å². The van der Waals surface area contributed by atoms with Gasteiger partial charge < -0.3 is 4.57 Å². The number of hydrogen-bond donors (Lipinski definition) is 0. The smallest absolute Gasteiger partial charge is 0.310 e. The molecule has 0 saturated heterocycles. The highest BCUT2D eigenvalue weighted by atomic mass is 19.4. The van der Waals surface area contributed by atoms with Gasteiger partial charge >= 0.3 is 6.18 Å². The third kappa shape index (κ3) is 3.01. The Morgan fingerprint density at radius 3 is 2.37 bits per heavy atom. The fraction of sp³-hybridized carbons (Fsp3) is 0.154. The van der Waals surface area contributed by atoms with Crippen molar-refractivity contribution >= 4 is 0 Å². The molecular formula is C13H9F4NO. The third-order valence-electron chi connectivity index (χ3n) is 2.61. The van der Waals surface area contributed by atoms with E-state index in [4.69, 9.17) is 0 Å². The Morgan fingerprint density at radius 1 is 1.05 bits per heavy atom. The number of nitrogens with zero attached hydrogens (tertiary/aromatic N) is 1. The zero-order valence-corrected chi connectivity index (χ0v) is 9.62. The normalized spacial score (nSPS) is 11.6. The van der Waals surface area contributed by atoms with Crippen molar-refractivity contribution in [3.63, 3.8) is 0 Å². The van der Waals surface area contributed by atoms with Crippen LogP contribution in [0.25, 0.3) is 0 Å². The average Bonchev–Trinajstić information content (AvgIpc) is 2.33. The summed E-state index contributed by atoms with van der Waals surface area (Å²) in [6, 6.07) is 7.16. The summed E-state index contributed by atoms with van der Waals surface area (Å²) >= 11 is 0. The summed E-state index contributed by atoms with van der Waals surface area (Å²) in [6.45, 7) is -0.241. The molecule has 1 aromatic carbocycles. The predicted octanol–water partition coefficient (Wildman–Crippen LogP) is 3.05. The molecule has 0 amide bonds. The van der Waals surface area contributed by atoms with Crippen LogP contribution in [0.5, 0.6) is 0 Å². The molecule has 0 aliphatic rings. The van der Waals surface area contributed by atoms with Crippen molar-refractivity contribution in [3.8, 4) is 0 Å². The highest BCUT2D eigenvalue weighted by Gasteiger charge is 2.31. The lowest BCUT2D eigenvalue weighted by Crippen LogP contribution is -2.22. The number of pyridine rings is 1. The zero-order chi connectivity index (χ0) is 14.0. The van der Waals surface area contributed by atoms with E-state index < -0.39 is 23.1 Å². The predicted molar refractivity (Wildman–Crippen MR) is 61.2 cm³/mol. The van der Waals surface area contributed by atoms with Crippen molar-refractivity contribution in [1.82, 2.24) is 4.57 Å². The van der Waals surface area contributed by atoms with Gasteiger partial charge in [0.1, 0.15) is 5.82 Å². The zero-order valence-electron chi connectivity index (χ0n) is 9.62. The second-order valence-corrected chi connectivity index (χ2v) is 3.97. The first kappa shape index (κ1) is 13.3. The third-order valence-corrected chi connectivity index (χ3v) is 2.61. The van der Waals surface area contributed by atoms with Crippen LogP contribution in [-0.2, 0) is 12.7 Å². The molecule has 19 heavy (non-hydrogen) atoms. The Labute approximate surface area is 105 Å². The molecule has 0 saturated carbocycles. The van der Waals surface area contributed by atoms with Gasteiger partial charge in [0.15, 0.2) is 0 Å². The molecule has 1 heterocycles. The number of benzene rings is 1. The Morgan fingerprint density at radius 2 is 1.74 bits per heavy atom. The van der Waals surface area contributed by atoms with E-state index in [9.17, 15) is 22.4 Å². The quantitative estimate of drug-likeness (QED) is 0.769. The van der Waals surface area contributed by atoms with Gasteiger partial charge in [-0.3, -0.25) is 4.79 Å². The minimum atomic E-state index is -4.54. The molecule has 2 aromatic rings. The van der Waals surface area contributed by atoms with E-state index in [2.05, 4.69) is 0 Å². The molecule has 0 N–H and O–H groups in total. The largest absolute Gasteiger partial charge is 0.417 e. The number of alkyl halides is 3. The molecule has 0 radical (unpaired) electrons. The summed E-state index contributed by atoms with van der Waals surface area (Å²) < 4.78 is 51.8. The summed E-state index contributed by atoms with van der Waals surface area (Å²) in [7, 11) is 0. The van der Waals surface area contributed by atoms with Crippen molar-refractivity contribution in [3.05, 3.63) is 69.9 Å². The maximum Gasteiger partial charge on any atom is 0.417 e. The number of hydrogen-bond acceptors (Lipinski definition) is 1. The van der Waals surface area contributed by atoms with Crippen LogP contribution in [0.1, 0.15) is 11.1 Å². The fourth-order valence-electron chi connectivity index (χ4n) is 1.63. The van der Waals surface area contributed by atoms with E-state index in [1.807, 2.05) is 0 Å². The van der Waals surface area contributed by atoms with E-state index >= 15 is 0 Å². The second kappa shape index (κ2) is 4.87. The van der Waals surface area contributed by atoms with Crippen molar-refractivity contribution in [2.45, 2.75) is 12.7 Å². The van der Waals surface area contributed by atoms with Crippen LogP contribution >= 0.6 is 0 Å². The van der Waals surface area contributed by atoms with Crippen molar-refractivity contribution in [2.24, 2.45) is 0 Å². The first-order chi connectivity index (χ1) is 8.88. The number of rotatable bonds is 2. The molecule has 6 heteroatoms. The van der Waals surface area contributed by atoms with Crippen LogP contribution in [0.3, 0.4) is 0 Å². The number of halogens is 4. The first-order valence-electron chi connectivity index (χ1n) is 5.39. The Kier molecular flexibility index (Phi) is 3.42. The van der Waals surface area contributed by atoms with Crippen molar-refractivity contribution in [1.29, 1.82) is 0 Å². The summed E-state index contributed by atoms with van der Waals surface area (Å²) in [5.41, 5.74) is -1.40. The standard InChI is InChI=1S/C13H9F4NO/c14-11-4-2-1-3-9(11)7-18-8-10(13(15,16)17)5-6-12(18)19/h1-6,8H,7H2. The minimum absolute atomic E-state index is 0.156. The minimum Gasteiger partial charge on any atom is -0.310 e. The van der Waals surface area contributed by atoms with Gasteiger partial charge in [0.25, 0.3) is 5.56 Å². The van der Waals surface area contributed by atoms with Crippen LogP contribution in [0, 0.1) is 5.82 Å². The average molecular weight is 271 g/mol. The summed E-state index contributed by atoms with van der Waals surface area (Å²) in [6.07, 6.45) is -3.85. The maximum absolute atomic E-state index is 13.4. The highest BCUT2D eigenvalue weighted by Crippen LogP contribution is 2.28. The highest BCUT2D eigenvalue weighted by molar-refractivity contribution is 5.19. The second-order valence-electron chi connectivity index (χ2n) is 3.97. The lowest BCUT2D eigenvalue weighted by molar-refractivity contribution is -0.138. The molecule has 0 aliphatic carbocycles. The van der Waals surface area contributed by atoms with Crippen molar-refractivity contribution < 1.29 is 17.6 Å². The maximum atomic E-state index is 13.4. The molecule has 2 nitrogen and oxygen atoms in total. The van der Waals surface area contributed by atoms with Gasteiger partial charge in [0.05, 0.1) is 12.1 Å².